The van der Waals surface area contributed by atoms with E-state index in [-0.39, 0.29) is 11.7 Å². The Kier molecular flexibility index (Phi) is 7.46. The van der Waals surface area contributed by atoms with E-state index in [4.69, 9.17) is 0 Å². The minimum absolute atomic E-state index is 0.0969. The van der Waals surface area contributed by atoms with Gasteiger partial charge in [0.05, 0.1) is 5.69 Å². The summed E-state index contributed by atoms with van der Waals surface area (Å²) < 4.78 is 15.3. The molecule has 4 nitrogen and oxygen atoms in total. The van der Waals surface area contributed by atoms with Crippen LogP contribution in [0.4, 0.5) is 10.1 Å². The van der Waals surface area contributed by atoms with E-state index in [1.165, 1.54) is 30.4 Å². The number of carbonyl (C=O) groups excluding carboxylic acids is 1. The molecule has 0 N–H and O–H groups in total. The standard InChI is InChI=1S/C33H38FN3O/c34-31-22-27-24-37(28-14-8-3-9-15-28)33(38)30(27)23-32(31)36-20-18-35(19-21-36)17-16-29(25-10-4-1-5-11-25)26-12-6-2-7-13-26/h1-2,4-7,10-13,22-23,28-29H,3,8-9,14-21,24H2. The van der Waals surface area contributed by atoms with Crippen molar-refractivity contribution in [2.75, 3.05) is 37.6 Å². The highest BCUT2D eigenvalue weighted by molar-refractivity contribution is 5.99. The van der Waals surface area contributed by atoms with Crippen molar-refractivity contribution < 1.29 is 9.18 Å². The van der Waals surface area contributed by atoms with Crippen LogP contribution >= 0.6 is 0 Å². The molecule has 3 aromatic rings. The van der Waals surface area contributed by atoms with Gasteiger partial charge in [-0.3, -0.25) is 9.69 Å². The highest BCUT2D eigenvalue weighted by Crippen LogP contribution is 2.35. The fourth-order valence-electron chi connectivity index (χ4n) is 6.69. The molecule has 0 unspecified atom stereocenters. The number of nitrogens with zero attached hydrogens (tertiary/aromatic N) is 3. The van der Waals surface area contributed by atoms with Gasteiger partial charge in [0.1, 0.15) is 5.82 Å². The number of halogens is 1. The number of carbonyl (C=O) groups is 1. The third-order valence-electron chi connectivity index (χ3n) is 8.87. The molecule has 3 aromatic carbocycles. The van der Waals surface area contributed by atoms with Gasteiger partial charge >= 0.3 is 0 Å². The molecule has 1 aliphatic carbocycles. The zero-order valence-electron chi connectivity index (χ0n) is 22.2. The maximum absolute atomic E-state index is 15.3. The topological polar surface area (TPSA) is 26.8 Å². The van der Waals surface area contributed by atoms with Gasteiger partial charge in [0.25, 0.3) is 5.91 Å². The van der Waals surface area contributed by atoms with Gasteiger partial charge in [-0.05, 0) is 54.6 Å². The Morgan fingerprint density at radius 3 is 2.08 bits per heavy atom. The fraction of sp³-hybridized carbons (Fsp3) is 0.424. The van der Waals surface area contributed by atoms with E-state index in [1.54, 1.807) is 6.07 Å². The molecule has 38 heavy (non-hydrogen) atoms. The third kappa shape index (κ3) is 5.22. The van der Waals surface area contributed by atoms with E-state index in [2.05, 4.69) is 70.5 Å². The molecule has 0 radical (unpaired) electrons. The Hall–Kier alpha value is -3.18. The van der Waals surface area contributed by atoms with Crippen molar-refractivity contribution in [3.63, 3.8) is 0 Å². The van der Waals surface area contributed by atoms with Crippen LogP contribution in [0.5, 0.6) is 0 Å². The molecule has 1 amide bonds. The van der Waals surface area contributed by atoms with Crippen molar-refractivity contribution in [1.29, 1.82) is 0 Å². The predicted molar refractivity (Wildman–Crippen MR) is 151 cm³/mol. The molecule has 1 saturated heterocycles. The van der Waals surface area contributed by atoms with Crippen LogP contribution in [0.1, 0.15) is 71.5 Å². The van der Waals surface area contributed by atoms with Gasteiger partial charge in [-0.25, -0.2) is 4.39 Å². The van der Waals surface area contributed by atoms with Crippen LogP contribution in [-0.4, -0.2) is 54.5 Å². The molecule has 2 aliphatic heterocycles. The van der Waals surface area contributed by atoms with Gasteiger partial charge in [0.2, 0.25) is 0 Å². The predicted octanol–water partition coefficient (Wildman–Crippen LogP) is 6.46. The maximum atomic E-state index is 15.3. The fourth-order valence-corrected chi connectivity index (χ4v) is 6.69. The van der Waals surface area contributed by atoms with E-state index < -0.39 is 0 Å². The summed E-state index contributed by atoms with van der Waals surface area (Å²) in [7, 11) is 0. The summed E-state index contributed by atoms with van der Waals surface area (Å²) in [6.45, 7) is 4.91. The number of hydrogen-bond acceptors (Lipinski definition) is 3. The molecule has 5 heteroatoms. The van der Waals surface area contributed by atoms with Crippen molar-refractivity contribution >= 4 is 11.6 Å². The second-order valence-corrected chi connectivity index (χ2v) is 11.2. The highest BCUT2D eigenvalue weighted by Gasteiger charge is 2.35. The van der Waals surface area contributed by atoms with E-state index >= 15 is 4.39 Å². The monoisotopic (exact) mass is 511 g/mol. The first-order valence-electron chi connectivity index (χ1n) is 14.4. The van der Waals surface area contributed by atoms with Crippen molar-refractivity contribution in [3.8, 4) is 0 Å². The molecule has 3 aliphatic rings. The van der Waals surface area contributed by atoms with Gasteiger partial charge in [-0.2, -0.15) is 0 Å². The van der Waals surface area contributed by atoms with Crippen LogP contribution in [0.3, 0.4) is 0 Å². The molecule has 2 heterocycles. The first-order chi connectivity index (χ1) is 18.7. The van der Waals surface area contributed by atoms with E-state index in [9.17, 15) is 4.79 Å². The number of rotatable bonds is 7. The normalized spacial score (nSPS) is 18.8. The second-order valence-electron chi connectivity index (χ2n) is 11.2. The van der Waals surface area contributed by atoms with Crippen LogP contribution in [0.15, 0.2) is 72.8 Å². The van der Waals surface area contributed by atoms with Crippen LogP contribution in [0, 0.1) is 5.82 Å². The minimum Gasteiger partial charge on any atom is -0.367 e. The summed E-state index contributed by atoms with van der Waals surface area (Å²) in [4.78, 5) is 19.9. The zero-order valence-corrected chi connectivity index (χ0v) is 22.2. The number of piperazine rings is 1. The molecule has 1 saturated carbocycles. The first-order valence-corrected chi connectivity index (χ1v) is 14.4. The van der Waals surface area contributed by atoms with E-state index in [0.717, 1.165) is 57.5 Å². The van der Waals surface area contributed by atoms with Crippen LogP contribution in [-0.2, 0) is 6.54 Å². The molecule has 198 valence electrons. The van der Waals surface area contributed by atoms with Gasteiger partial charge in [-0.1, -0.05) is 79.9 Å². The number of fused-ring (bicyclic) bond motifs is 1. The first kappa shape index (κ1) is 25.1. The second kappa shape index (κ2) is 11.3. The Bertz CT molecular complexity index is 1190. The number of hydrogen-bond donors (Lipinski definition) is 0. The largest absolute Gasteiger partial charge is 0.367 e. The zero-order chi connectivity index (χ0) is 25.9. The summed E-state index contributed by atoms with van der Waals surface area (Å²) in [5.74, 6) is 0.270. The summed E-state index contributed by atoms with van der Waals surface area (Å²) in [6.07, 6.45) is 6.83. The average Bonchev–Trinajstić information content (AvgIpc) is 3.29. The van der Waals surface area contributed by atoms with Gasteiger partial charge in [-0.15, -0.1) is 0 Å². The number of benzene rings is 3. The smallest absolute Gasteiger partial charge is 0.254 e. The van der Waals surface area contributed by atoms with Crippen LogP contribution in [0.25, 0.3) is 0 Å². The summed E-state index contributed by atoms with van der Waals surface area (Å²) in [5, 5.41) is 0. The van der Waals surface area contributed by atoms with Crippen molar-refractivity contribution in [2.45, 2.75) is 57.0 Å². The van der Waals surface area contributed by atoms with Crippen LogP contribution in [0.2, 0.25) is 0 Å². The van der Waals surface area contributed by atoms with Gasteiger partial charge in [0.15, 0.2) is 0 Å². The lowest BCUT2D eigenvalue weighted by atomic mass is 9.88. The third-order valence-corrected chi connectivity index (χ3v) is 8.87. The summed E-state index contributed by atoms with van der Waals surface area (Å²) >= 11 is 0. The lowest BCUT2D eigenvalue weighted by Crippen LogP contribution is -2.47. The maximum Gasteiger partial charge on any atom is 0.254 e. The molecule has 0 bridgehead atoms. The summed E-state index contributed by atoms with van der Waals surface area (Å²) in [6, 6.07) is 25.3. The average molecular weight is 512 g/mol. The number of anilines is 1. The molecule has 0 atom stereocenters. The van der Waals surface area contributed by atoms with Crippen LogP contribution < -0.4 is 4.90 Å². The van der Waals surface area contributed by atoms with Gasteiger partial charge < -0.3 is 9.80 Å². The number of amides is 1. The quantitative estimate of drug-likeness (QED) is 0.364. The molecule has 0 aromatic heterocycles. The minimum atomic E-state index is -0.191. The molecular weight excluding hydrogens is 473 g/mol. The Labute approximate surface area is 226 Å². The summed E-state index contributed by atoms with van der Waals surface area (Å²) in [5.41, 5.74) is 4.86. The molecular formula is C33H38FN3O. The SMILES string of the molecule is O=C1c2cc(N3CCN(CCC(c4ccccc4)c4ccccc4)CC3)c(F)cc2CN1C1CCCCC1. The van der Waals surface area contributed by atoms with Crippen molar-refractivity contribution in [2.24, 2.45) is 0 Å². The molecule has 6 rings (SSSR count). The van der Waals surface area contributed by atoms with Crippen molar-refractivity contribution in [1.82, 2.24) is 9.80 Å². The Morgan fingerprint density at radius 1 is 0.816 bits per heavy atom. The van der Waals surface area contributed by atoms with E-state index in [0.29, 0.717) is 29.8 Å². The van der Waals surface area contributed by atoms with Crippen molar-refractivity contribution in [3.05, 3.63) is 101 Å². The molecule has 2 fully saturated rings. The lowest BCUT2D eigenvalue weighted by molar-refractivity contribution is 0.0660. The Morgan fingerprint density at radius 2 is 1.45 bits per heavy atom. The van der Waals surface area contributed by atoms with E-state index in [1.807, 2.05) is 11.0 Å². The molecule has 0 spiro atoms. The lowest BCUT2D eigenvalue weighted by Gasteiger charge is -2.37. The van der Waals surface area contributed by atoms with Gasteiger partial charge in [0, 0.05) is 50.2 Å². The Balaban J connectivity index is 1.09. The highest BCUT2D eigenvalue weighted by atomic mass is 19.1.